The fraction of sp³-hybridized carbons (Fsp3) is 0.476. The zero-order chi connectivity index (χ0) is 21.3. The summed E-state index contributed by atoms with van der Waals surface area (Å²) in [5.74, 6) is 0.600. The van der Waals surface area contributed by atoms with Crippen LogP contribution in [0, 0.1) is 11.3 Å². The van der Waals surface area contributed by atoms with E-state index in [0.29, 0.717) is 35.3 Å². The number of nitriles is 1. The molecule has 156 valence electrons. The van der Waals surface area contributed by atoms with Crippen LogP contribution < -0.4 is 10.2 Å². The number of esters is 1. The fourth-order valence-electron chi connectivity index (χ4n) is 4.55. The Labute approximate surface area is 175 Å². The minimum atomic E-state index is -0.412. The van der Waals surface area contributed by atoms with E-state index in [-0.39, 0.29) is 5.69 Å². The van der Waals surface area contributed by atoms with Crippen molar-refractivity contribution in [3.05, 3.63) is 35.9 Å². The average Bonchev–Trinajstić information content (AvgIpc) is 2.98. The van der Waals surface area contributed by atoms with Crippen molar-refractivity contribution in [2.24, 2.45) is 0 Å². The van der Waals surface area contributed by atoms with E-state index in [1.165, 1.54) is 38.5 Å². The van der Waals surface area contributed by atoms with Gasteiger partial charge in [0.2, 0.25) is 0 Å². The van der Waals surface area contributed by atoms with E-state index in [9.17, 15) is 4.79 Å². The molecule has 2 aliphatic heterocycles. The normalized spacial score (nSPS) is 22.9. The van der Waals surface area contributed by atoms with Gasteiger partial charge in [-0.2, -0.15) is 5.26 Å². The van der Waals surface area contributed by atoms with Crippen LogP contribution in [-0.4, -0.2) is 65.2 Å². The van der Waals surface area contributed by atoms with Crippen LogP contribution >= 0.6 is 0 Å². The van der Waals surface area contributed by atoms with Crippen LogP contribution in [0.25, 0.3) is 0 Å². The Bertz CT molecular complexity index is 958. The first kappa shape index (κ1) is 20.0. The van der Waals surface area contributed by atoms with Crippen LogP contribution in [0.4, 0.5) is 17.3 Å². The van der Waals surface area contributed by atoms with Gasteiger partial charge in [0.05, 0.1) is 25.2 Å². The van der Waals surface area contributed by atoms with Crippen molar-refractivity contribution in [2.75, 3.05) is 31.4 Å². The van der Waals surface area contributed by atoms with Gasteiger partial charge in [-0.25, -0.2) is 19.7 Å². The lowest BCUT2D eigenvalue weighted by molar-refractivity contribution is 0.0600. The summed E-state index contributed by atoms with van der Waals surface area (Å²) in [4.78, 5) is 29.6. The summed E-state index contributed by atoms with van der Waals surface area (Å²) in [5.41, 5.74) is 1.45. The molecule has 1 N–H and O–H groups in total. The van der Waals surface area contributed by atoms with Crippen LogP contribution in [0.1, 0.15) is 41.7 Å². The van der Waals surface area contributed by atoms with E-state index in [0.717, 1.165) is 18.5 Å². The summed E-state index contributed by atoms with van der Waals surface area (Å²) in [6, 6.07) is 5.30. The molecule has 0 saturated carbocycles. The number of fused-ring (bicyclic) bond motifs is 2. The highest BCUT2D eigenvalue weighted by molar-refractivity contribution is 5.96. The summed E-state index contributed by atoms with van der Waals surface area (Å²) >= 11 is 0. The van der Waals surface area contributed by atoms with Crippen molar-refractivity contribution in [3.8, 4) is 6.07 Å². The number of pyridine rings is 1. The van der Waals surface area contributed by atoms with E-state index in [1.54, 1.807) is 0 Å². The highest BCUT2D eigenvalue weighted by Crippen LogP contribution is 2.38. The topological polar surface area (TPSA) is 107 Å². The number of aromatic nitrogens is 3. The number of nitrogens with zero attached hydrogens (tertiary/aromatic N) is 6. The van der Waals surface area contributed by atoms with Crippen molar-refractivity contribution >= 4 is 23.3 Å². The number of nitrogens with one attached hydrogen (secondary N) is 1. The third-order valence-corrected chi connectivity index (χ3v) is 6.31. The van der Waals surface area contributed by atoms with Crippen LogP contribution in [-0.2, 0) is 4.74 Å². The fourth-order valence-corrected chi connectivity index (χ4v) is 4.55. The average molecular weight is 407 g/mol. The highest BCUT2D eigenvalue weighted by atomic mass is 16.5. The standard InChI is InChI=1S/C21H25N7O2/c1-27-14-4-5-15(27)7-16(6-14)28(2)18-8-19(25-11-17(18)21(29)30-3)26-20-12-23-13(9-22)10-24-20/h8,10-12,14-16H,4-7H2,1-3H3,(H,24,25,26)/t14-,15+,16?. The van der Waals surface area contributed by atoms with Gasteiger partial charge >= 0.3 is 5.97 Å². The zero-order valence-electron chi connectivity index (χ0n) is 17.4. The highest BCUT2D eigenvalue weighted by Gasteiger charge is 2.40. The lowest BCUT2D eigenvalue weighted by Crippen LogP contribution is -2.48. The van der Waals surface area contributed by atoms with E-state index < -0.39 is 5.97 Å². The van der Waals surface area contributed by atoms with Crippen molar-refractivity contribution < 1.29 is 9.53 Å². The van der Waals surface area contributed by atoms with Gasteiger partial charge in [0.15, 0.2) is 5.69 Å². The number of hydrogen-bond acceptors (Lipinski definition) is 9. The minimum Gasteiger partial charge on any atom is -0.465 e. The quantitative estimate of drug-likeness (QED) is 0.747. The Morgan fingerprint density at radius 3 is 2.50 bits per heavy atom. The molecule has 9 nitrogen and oxygen atoms in total. The summed E-state index contributed by atoms with van der Waals surface area (Å²) in [6.07, 6.45) is 9.00. The maximum Gasteiger partial charge on any atom is 0.341 e. The zero-order valence-corrected chi connectivity index (χ0v) is 17.4. The Morgan fingerprint density at radius 2 is 1.90 bits per heavy atom. The summed E-state index contributed by atoms with van der Waals surface area (Å²) in [7, 11) is 5.62. The molecule has 2 saturated heterocycles. The predicted molar refractivity (Wildman–Crippen MR) is 112 cm³/mol. The Kier molecular flexibility index (Phi) is 5.50. The van der Waals surface area contributed by atoms with E-state index in [1.807, 2.05) is 19.2 Å². The largest absolute Gasteiger partial charge is 0.465 e. The molecule has 3 atom stereocenters. The van der Waals surface area contributed by atoms with Crippen molar-refractivity contribution in [1.82, 2.24) is 19.9 Å². The molecule has 4 heterocycles. The molecule has 2 fully saturated rings. The molecule has 9 heteroatoms. The van der Waals surface area contributed by atoms with Gasteiger partial charge in [-0.05, 0) is 32.7 Å². The third-order valence-electron chi connectivity index (χ3n) is 6.31. The number of carbonyl (C=O) groups excluding carboxylic acids is 1. The van der Waals surface area contributed by atoms with E-state index in [2.05, 4.69) is 37.1 Å². The molecular weight excluding hydrogens is 382 g/mol. The van der Waals surface area contributed by atoms with Crippen LogP contribution in [0.3, 0.4) is 0 Å². The first-order valence-electron chi connectivity index (χ1n) is 10.0. The lowest BCUT2D eigenvalue weighted by Gasteiger charge is -2.41. The van der Waals surface area contributed by atoms with Crippen molar-refractivity contribution in [3.63, 3.8) is 0 Å². The minimum absolute atomic E-state index is 0.242. The monoisotopic (exact) mass is 407 g/mol. The van der Waals surface area contributed by atoms with Crippen LogP contribution in [0.15, 0.2) is 24.7 Å². The van der Waals surface area contributed by atoms with Gasteiger partial charge in [0, 0.05) is 37.4 Å². The van der Waals surface area contributed by atoms with Gasteiger partial charge in [-0.15, -0.1) is 0 Å². The molecule has 30 heavy (non-hydrogen) atoms. The molecule has 4 rings (SSSR count). The summed E-state index contributed by atoms with van der Waals surface area (Å²) in [5, 5.41) is 12.0. The maximum absolute atomic E-state index is 12.4. The molecule has 1 unspecified atom stereocenters. The molecule has 0 spiro atoms. The molecule has 2 bridgehead atoms. The van der Waals surface area contributed by atoms with Gasteiger partial charge in [-0.3, -0.25) is 0 Å². The molecule has 0 radical (unpaired) electrons. The van der Waals surface area contributed by atoms with Crippen LogP contribution in [0.5, 0.6) is 0 Å². The number of carbonyl (C=O) groups is 1. The molecule has 0 amide bonds. The molecule has 2 aromatic heterocycles. The maximum atomic E-state index is 12.4. The predicted octanol–water partition coefficient (Wildman–Crippen LogP) is 2.33. The van der Waals surface area contributed by atoms with Gasteiger partial charge < -0.3 is 19.9 Å². The second-order valence-corrected chi connectivity index (χ2v) is 7.89. The van der Waals surface area contributed by atoms with Gasteiger partial charge in [-0.1, -0.05) is 0 Å². The number of hydrogen-bond donors (Lipinski definition) is 1. The molecule has 2 aromatic rings. The third kappa shape index (κ3) is 3.78. The van der Waals surface area contributed by atoms with Crippen LogP contribution in [0.2, 0.25) is 0 Å². The molecule has 0 aromatic carbocycles. The number of ether oxygens (including phenoxy) is 1. The number of methoxy groups -OCH3 is 1. The van der Waals surface area contributed by atoms with Crippen molar-refractivity contribution in [2.45, 2.75) is 43.8 Å². The Hall–Kier alpha value is -3.25. The van der Waals surface area contributed by atoms with Crippen molar-refractivity contribution in [1.29, 1.82) is 5.26 Å². The second kappa shape index (κ2) is 8.24. The molecule has 2 aliphatic rings. The molecule has 0 aliphatic carbocycles. The first-order valence-corrected chi connectivity index (χ1v) is 10.0. The van der Waals surface area contributed by atoms with E-state index in [4.69, 9.17) is 10.00 Å². The number of piperidine rings is 1. The summed E-state index contributed by atoms with van der Waals surface area (Å²) < 4.78 is 4.98. The Morgan fingerprint density at radius 1 is 1.20 bits per heavy atom. The molecular formula is C21H25N7O2. The number of rotatable bonds is 5. The lowest BCUT2D eigenvalue weighted by atomic mass is 9.96. The smallest absolute Gasteiger partial charge is 0.341 e. The first-order chi connectivity index (χ1) is 14.5. The summed E-state index contributed by atoms with van der Waals surface area (Å²) in [6.45, 7) is 0. The van der Waals surface area contributed by atoms with Gasteiger partial charge in [0.1, 0.15) is 23.3 Å². The second-order valence-electron chi connectivity index (χ2n) is 7.89. The Balaban J connectivity index is 1.61. The SMILES string of the molecule is COC(=O)c1cnc(Nc2cnc(C#N)cn2)cc1N(C)C1C[C@H]2CC[C@@H](C1)N2C. The van der Waals surface area contributed by atoms with Gasteiger partial charge in [0.25, 0.3) is 0 Å². The van der Waals surface area contributed by atoms with E-state index >= 15 is 0 Å². The number of anilines is 3.